The maximum absolute atomic E-state index is 5.54. The summed E-state index contributed by atoms with van der Waals surface area (Å²) in [5, 5.41) is 7.76. The number of pyridine rings is 1. The van der Waals surface area contributed by atoms with E-state index in [9.17, 15) is 0 Å². The zero-order valence-corrected chi connectivity index (χ0v) is 21.1. The molecule has 3 aromatic heterocycles. The fourth-order valence-electron chi connectivity index (χ4n) is 4.13. The molecule has 1 N–H and O–H groups in total. The minimum Gasteiger partial charge on any atom is -0.497 e. The summed E-state index contributed by atoms with van der Waals surface area (Å²) >= 11 is 0. The van der Waals surface area contributed by atoms with Gasteiger partial charge in [-0.15, -0.1) is 0 Å². The van der Waals surface area contributed by atoms with Crippen molar-refractivity contribution in [2.24, 2.45) is 7.05 Å². The van der Waals surface area contributed by atoms with Crippen molar-refractivity contribution in [3.63, 3.8) is 0 Å². The van der Waals surface area contributed by atoms with Gasteiger partial charge in [0.15, 0.2) is 0 Å². The molecule has 5 rings (SSSR count). The Balaban J connectivity index is 1.47. The molecule has 0 saturated carbocycles. The third kappa shape index (κ3) is 5.68. The van der Waals surface area contributed by atoms with Crippen LogP contribution < -0.4 is 19.7 Å². The van der Waals surface area contributed by atoms with Crippen molar-refractivity contribution in [2.75, 3.05) is 32.2 Å². The number of benzene rings is 2. The van der Waals surface area contributed by atoms with Gasteiger partial charge in [-0.1, -0.05) is 6.07 Å². The molecule has 0 aliphatic rings. The zero-order valence-electron chi connectivity index (χ0n) is 21.1. The molecule has 9 heteroatoms. The number of nitrogens with zero attached hydrogens (tertiary/aromatic N) is 6. The summed E-state index contributed by atoms with van der Waals surface area (Å²) in [7, 11) is 5.20. The number of ether oxygens (including phenoxy) is 2. The molecule has 188 valence electrons. The molecule has 0 saturated heterocycles. The molecule has 0 fully saturated rings. The summed E-state index contributed by atoms with van der Waals surface area (Å²) in [6.07, 6.45) is 7.32. The maximum atomic E-state index is 5.54. The lowest BCUT2D eigenvalue weighted by atomic mass is 10.2. The van der Waals surface area contributed by atoms with Gasteiger partial charge in [0.1, 0.15) is 11.5 Å². The molecule has 0 unspecified atom stereocenters. The minimum absolute atomic E-state index is 0.688. The van der Waals surface area contributed by atoms with Crippen molar-refractivity contribution in [3.8, 4) is 22.8 Å². The van der Waals surface area contributed by atoms with E-state index in [0.29, 0.717) is 13.1 Å². The Bertz CT molecular complexity index is 1460. The van der Waals surface area contributed by atoms with Gasteiger partial charge in [0.2, 0.25) is 0 Å². The van der Waals surface area contributed by atoms with Gasteiger partial charge in [0.05, 0.1) is 49.0 Å². The van der Waals surface area contributed by atoms with Gasteiger partial charge in [-0.2, -0.15) is 5.10 Å². The van der Waals surface area contributed by atoms with Crippen molar-refractivity contribution in [3.05, 3.63) is 85.1 Å². The van der Waals surface area contributed by atoms with Crippen molar-refractivity contribution in [2.45, 2.75) is 6.54 Å². The van der Waals surface area contributed by atoms with E-state index >= 15 is 0 Å². The summed E-state index contributed by atoms with van der Waals surface area (Å²) in [5.41, 5.74) is 6.28. The lowest BCUT2D eigenvalue weighted by Crippen LogP contribution is -2.29. The number of hydrogen-bond donors (Lipinski definition) is 1. The molecule has 0 amide bonds. The SMILES string of the molecule is COc1cc(OC)cc(N(CCNCc2ccccn2)c2ccc3ncc(-c4cnn(C)c4)nc3c2)c1. The second kappa shape index (κ2) is 11.0. The number of hydrogen-bond acceptors (Lipinski definition) is 8. The predicted octanol–water partition coefficient (Wildman–Crippen LogP) is 4.37. The smallest absolute Gasteiger partial charge is 0.124 e. The van der Waals surface area contributed by atoms with Crippen LogP contribution in [0.1, 0.15) is 5.69 Å². The molecular weight excluding hydrogens is 466 g/mol. The maximum Gasteiger partial charge on any atom is 0.124 e. The molecule has 0 bridgehead atoms. The topological polar surface area (TPSA) is 90.2 Å². The van der Waals surface area contributed by atoms with E-state index in [0.717, 1.165) is 57.4 Å². The van der Waals surface area contributed by atoms with Gasteiger partial charge in [-0.25, -0.2) is 4.98 Å². The Morgan fingerprint density at radius 2 is 1.73 bits per heavy atom. The third-order valence-corrected chi connectivity index (χ3v) is 6.03. The van der Waals surface area contributed by atoms with Gasteiger partial charge in [-0.3, -0.25) is 14.6 Å². The molecule has 0 radical (unpaired) electrons. The average molecular weight is 496 g/mol. The van der Waals surface area contributed by atoms with Crippen LogP contribution in [0.15, 0.2) is 79.4 Å². The Kier molecular flexibility index (Phi) is 7.23. The van der Waals surface area contributed by atoms with Gasteiger partial charge in [-0.05, 0) is 30.3 Å². The van der Waals surface area contributed by atoms with E-state index in [1.165, 1.54) is 0 Å². The molecule has 2 aromatic carbocycles. The first-order valence-electron chi connectivity index (χ1n) is 12.0. The fourth-order valence-corrected chi connectivity index (χ4v) is 4.13. The molecule has 0 aliphatic carbocycles. The van der Waals surface area contributed by atoms with Crippen LogP contribution in [0.3, 0.4) is 0 Å². The third-order valence-electron chi connectivity index (χ3n) is 6.03. The molecule has 0 aliphatic heterocycles. The normalized spacial score (nSPS) is 11.0. The van der Waals surface area contributed by atoms with Crippen LogP contribution in [0.25, 0.3) is 22.3 Å². The summed E-state index contributed by atoms with van der Waals surface area (Å²) in [6, 6.07) is 17.9. The van der Waals surface area contributed by atoms with Gasteiger partial charge >= 0.3 is 0 Å². The van der Waals surface area contributed by atoms with Crippen molar-refractivity contribution >= 4 is 22.4 Å². The van der Waals surface area contributed by atoms with Crippen LogP contribution in [-0.4, -0.2) is 52.0 Å². The van der Waals surface area contributed by atoms with Crippen LogP contribution in [0.4, 0.5) is 11.4 Å². The highest BCUT2D eigenvalue weighted by Crippen LogP contribution is 2.34. The van der Waals surface area contributed by atoms with Crippen LogP contribution in [0.2, 0.25) is 0 Å². The fraction of sp³-hybridized carbons (Fsp3) is 0.214. The van der Waals surface area contributed by atoms with E-state index < -0.39 is 0 Å². The van der Waals surface area contributed by atoms with E-state index in [1.54, 1.807) is 31.3 Å². The first-order chi connectivity index (χ1) is 18.1. The molecule has 37 heavy (non-hydrogen) atoms. The van der Waals surface area contributed by atoms with Crippen LogP contribution >= 0.6 is 0 Å². The van der Waals surface area contributed by atoms with E-state index in [4.69, 9.17) is 14.5 Å². The summed E-state index contributed by atoms with van der Waals surface area (Å²) in [6.45, 7) is 2.12. The number of anilines is 2. The predicted molar refractivity (Wildman–Crippen MR) is 144 cm³/mol. The molecule has 3 heterocycles. The minimum atomic E-state index is 0.688. The summed E-state index contributed by atoms with van der Waals surface area (Å²) in [5.74, 6) is 1.44. The van der Waals surface area contributed by atoms with Crippen LogP contribution in [-0.2, 0) is 13.6 Å². The highest BCUT2D eigenvalue weighted by molar-refractivity contribution is 5.82. The number of nitrogens with one attached hydrogen (secondary N) is 1. The highest BCUT2D eigenvalue weighted by atomic mass is 16.5. The number of rotatable bonds is 10. The monoisotopic (exact) mass is 495 g/mol. The molecule has 9 nitrogen and oxygen atoms in total. The van der Waals surface area contributed by atoms with E-state index in [1.807, 2.05) is 61.9 Å². The zero-order chi connectivity index (χ0) is 25.6. The summed E-state index contributed by atoms with van der Waals surface area (Å²) < 4.78 is 12.8. The Hall–Kier alpha value is -4.50. The lowest BCUT2D eigenvalue weighted by Gasteiger charge is -2.26. The second-order valence-corrected chi connectivity index (χ2v) is 8.55. The Morgan fingerprint density at radius 1 is 0.892 bits per heavy atom. The Labute approximate surface area is 215 Å². The second-order valence-electron chi connectivity index (χ2n) is 8.55. The first-order valence-corrected chi connectivity index (χ1v) is 12.0. The van der Waals surface area contributed by atoms with Crippen molar-refractivity contribution in [1.29, 1.82) is 0 Å². The van der Waals surface area contributed by atoms with Crippen LogP contribution in [0, 0.1) is 0 Å². The standard InChI is InChI=1S/C28H29N7O2/c1-34-19-20(16-32-34)28-18-31-26-8-7-22(14-27(26)33-28)35(11-10-29-17-21-6-4-5-9-30-21)23-12-24(36-2)15-25(13-23)37-3/h4-9,12-16,18-19,29H,10-11,17H2,1-3H3. The summed E-state index contributed by atoms with van der Waals surface area (Å²) in [4.78, 5) is 16.1. The molecule has 0 spiro atoms. The number of methoxy groups -OCH3 is 2. The van der Waals surface area contributed by atoms with Gasteiger partial charge in [0.25, 0.3) is 0 Å². The van der Waals surface area contributed by atoms with Gasteiger partial charge < -0.3 is 19.7 Å². The van der Waals surface area contributed by atoms with Crippen LogP contribution in [0.5, 0.6) is 11.5 Å². The lowest BCUT2D eigenvalue weighted by molar-refractivity contribution is 0.394. The first kappa shape index (κ1) is 24.2. The highest BCUT2D eigenvalue weighted by Gasteiger charge is 2.14. The molecule has 5 aromatic rings. The van der Waals surface area contributed by atoms with Gasteiger partial charge in [0, 0.05) is 74.2 Å². The number of fused-ring (bicyclic) bond motifs is 1. The van der Waals surface area contributed by atoms with E-state index in [2.05, 4.69) is 37.4 Å². The Morgan fingerprint density at radius 3 is 2.43 bits per heavy atom. The number of aromatic nitrogens is 5. The molecule has 0 atom stereocenters. The molecular formula is C28H29N7O2. The van der Waals surface area contributed by atoms with E-state index in [-0.39, 0.29) is 0 Å². The van der Waals surface area contributed by atoms with Crippen molar-refractivity contribution in [1.82, 2.24) is 30.0 Å². The largest absolute Gasteiger partial charge is 0.497 e. The number of aryl methyl sites for hydroxylation is 1. The average Bonchev–Trinajstić information content (AvgIpc) is 3.39. The van der Waals surface area contributed by atoms with Crippen molar-refractivity contribution < 1.29 is 9.47 Å². The quantitative estimate of drug-likeness (QED) is 0.286.